The van der Waals surface area contributed by atoms with Gasteiger partial charge >= 0.3 is 0 Å². The fourth-order valence-electron chi connectivity index (χ4n) is 1.79. The van der Waals surface area contributed by atoms with Crippen LogP contribution in [0.2, 0.25) is 5.02 Å². The van der Waals surface area contributed by atoms with Crippen molar-refractivity contribution in [1.29, 1.82) is 0 Å². The van der Waals surface area contributed by atoms with Crippen LogP contribution >= 0.6 is 11.6 Å². The molecular formula is C14H11ClFN3O3. The molecule has 0 bridgehead atoms. The minimum absolute atomic E-state index is 0.0628. The molecule has 2 aromatic rings. The predicted molar refractivity (Wildman–Crippen MR) is 77.5 cm³/mol. The van der Waals surface area contributed by atoms with Crippen LogP contribution in [-0.4, -0.2) is 21.5 Å². The number of carbonyl (C=O) groups excluding carboxylic acids is 2. The van der Waals surface area contributed by atoms with E-state index in [2.05, 4.69) is 5.10 Å². The summed E-state index contributed by atoms with van der Waals surface area (Å²) < 4.78 is 14.1. The molecule has 0 aliphatic rings. The average Bonchev–Trinajstić information content (AvgIpc) is 2.44. The molecule has 0 spiro atoms. The SMILES string of the molecule is Cc1cc(C(=O)Cn2nc(C(N)=O)ccc2=O)c(Cl)cc1F. The van der Waals surface area contributed by atoms with Crippen LogP contribution in [0.25, 0.3) is 0 Å². The van der Waals surface area contributed by atoms with E-state index in [1.54, 1.807) is 0 Å². The Balaban J connectivity index is 2.37. The standard InChI is InChI=1S/C14H11ClFN3O3/c1-7-4-8(9(15)5-10(7)16)12(20)6-19-13(21)3-2-11(18-19)14(17)22/h2-5H,6H2,1H3,(H2,17,22). The van der Waals surface area contributed by atoms with E-state index < -0.39 is 29.6 Å². The summed E-state index contributed by atoms with van der Waals surface area (Å²) in [6, 6.07) is 4.57. The summed E-state index contributed by atoms with van der Waals surface area (Å²) in [6.45, 7) is 1.05. The fourth-order valence-corrected chi connectivity index (χ4v) is 2.04. The molecule has 0 aliphatic heterocycles. The molecule has 0 saturated heterocycles. The first-order chi connectivity index (χ1) is 10.3. The highest BCUT2D eigenvalue weighted by atomic mass is 35.5. The molecule has 0 atom stereocenters. The molecule has 1 aromatic carbocycles. The van der Waals surface area contributed by atoms with Gasteiger partial charge in [0, 0.05) is 11.6 Å². The van der Waals surface area contributed by atoms with E-state index in [1.165, 1.54) is 19.1 Å². The summed E-state index contributed by atoms with van der Waals surface area (Å²) in [6.07, 6.45) is 0. The average molecular weight is 324 g/mol. The van der Waals surface area contributed by atoms with Crippen LogP contribution in [-0.2, 0) is 6.54 Å². The first-order valence-electron chi connectivity index (χ1n) is 6.16. The lowest BCUT2D eigenvalue weighted by Crippen LogP contribution is -2.29. The third-order valence-electron chi connectivity index (χ3n) is 2.96. The van der Waals surface area contributed by atoms with Crippen LogP contribution in [0.15, 0.2) is 29.1 Å². The zero-order valence-corrected chi connectivity index (χ0v) is 12.2. The van der Waals surface area contributed by atoms with E-state index in [0.29, 0.717) is 0 Å². The van der Waals surface area contributed by atoms with Crippen LogP contribution < -0.4 is 11.3 Å². The monoisotopic (exact) mass is 323 g/mol. The van der Waals surface area contributed by atoms with Crippen molar-refractivity contribution in [2.45, 2.75) is 13.5 Å². The number of primary amides is 1. The molecule has 2 N–H and O–H groups in total. The van der Waals surface area contributed by atoms with Gasteiger partial charge in [-0.1, -0.05) is 11.6 Å². The zero-order valence-electron chi connectivity index (χ0n) is 11.5. The van der Waals surface area contributed by atoms with E-state index in [-0.39, 0.29) is 21.8 Å². The molecule has 8 heteroatoms. The van der Waals surface area contributed by atoms with Gasteiger partial charge in [0.05, 0.1) is 5.02 Å². The van der Waals surface area contributed by atoms with Crippen molar-refractivity contribution in [3.63, 3.8) is 0 Å². The number of Topliss-reactive ketones (excluding diaryl/α,β-unsaturated/α-hetero) is 1. The van der Waals surface area contributed by atoms with Crippen molar-refractivity contribution in [2.75, 3.05) is 0 Å². The number of carbonyl (C=O) groups is 2. The molecule has 114 valence electrons. The molecule has 22 heavy (non-hydrogen) atoms. The third kappa shape index (κ3) is 3.20. The summed E-state index contributed by atoms with van der Waals surface area (Å²) in [7, 11) is 0. The van der Waals surface area contributed by atoms with E-state index in [4.69, 9.17) is 17.3 Å². The van der Waals surface area contributed by atoms with Crippen molar-refractivity contribution < 1.29 is 14.0 Å². The molecule has 2 rings (SSSR count). The number of ketones is 1. The highest BCUT2D eigenvalue weighted by Crippen LogP contribution is 2.21. The van der Waals surface area contributed by atoms with Gasteiger partial charge in [0.2, 0.25) is 0 Å². The van der Waals surface area contributed by atoms with Crippen molar-refractivity contribution >= 4 is 23.3 Å². The van der Waals surface area contributed by atoms with Gasteiger partial charge in [0.15, 0.2) is 5.78 Å². The van der Waals surface area contributed by atoms with Gasteiger partial charge in [-0.2, -0.15) is 5.10 Å². The minimum Gasteiger partial charge on any atom is -0.364 e. The second-order valence-corrected chi connectivity index (χ2v) is 4.99. The van der Waals surface area contributed by atoms with Crippen LogP contribution in [0.3, 0.4) is 0 Å². The lowest BCUT2D eigenvalue weighted by Gasteiger charge is -2.08. The summed E-state index contributed by atoms with van der Waals surface area (Å²) >= 11 is 5.84. The molecule has 0 radical (unpaired) electrons. The Morgan fingerprint density at radius 1 is 1.36 bits per heavy atom. The summed E-state index contributed by atoms with van der Waals surface area (Å²) in [4.78, 5) is 34.9. The predicted octanol–water partition coefficient (Wildman–Crippen LogP) is 1.33. The second-order valence-electron chi connectivity index (χ2n) is 4.58. The van der Waals surface area contributed by atoms with Crippen molar-refractivity contribution in [3.8, 4) is 0 Å². The minimum atomic E-state index is -0.822. The number of benzene rings is 1. The molecule has 6 nitrogen and oxygen atoms in total. The van der Waals surface area contributed by atoms with Gasteiger partial charge in [-0.05, 0) is 30.7 Å². The number of hydrogen-bond acceptors (Lipinski definition) is 4. The van der Waals surface area contributed by atoms with Gasteiger partial charge in [0.25, 0.3) is 11.5 Å². The lowest BCUT2D eigenvalue weighted by atomic mass is 10.1. The summed E-state index contributed by atoms with van der Waals surface area (Å²) in [5.74, 6) is -1.89. The van der Waals surface area contributed by atoms with Crippen LogP contribution in [0.1, 0.15) is 26.4 Å². The van der Waals surface area contributed by atoms with Gasteiger partial charge in [0.1, 0.15) is 18.1 Å². The van der Waals surface area contributed by atoms with E-state index in [9.17, 15) is 18.8 Å². The van der Waals surface area contributed by atoms with Crippen molar-refractivity contribution in [3.05, 3.63) is 62.3 Å². The number of amides is 1. The fraction of sp³-hybridized carbons (Fsp3) is 0.143. The van der Waals surface area contributed by atoms with Crippen molar-refractivity contribution in [1.82, 2.24) is 9.78 Å². The summed E-state index contributed by atoms with van der Waals surface area (Å²) in [5.41, 5.74) is 4.67. The maximum absolute atomic E-state index is 13.3. The Hall–Kier alpha value is -2.54. The molecule has 1 amide bonds. The molecule has 1 aromatic heterocycles. The topological polar surface area (TPSA) is 95.0 Å². The van der Waals surface area contributed by atoms with Gasteiger partial charge in [-0.15, -0.1) is 0 Å². The quantitative estimate of drug-likeness (QED) is 0.858. The molecule has 1 heterocycles. The third-order valence-corrected chi connectivity index (χ3v) is 3.27. The van der Waals surface area contributed by atoms with Crippen LogP contribution in [0.5, 0.6) is 0 Å². The Labute approximate surface area is 129 Å². The lowest BCUT2D eigenvalue weighted by molar-refractivity contribution is 0.0954. The smallest absolute Gasteiger partial charge is 0.269 e. The normalized spacial score (nSPS) is 10.5. The molecule has 0 saturated carbocycles. The number of aryl methyl sites for hydroxylation is 1. The van der Waals surface area contributed by atoms with Crippen LogP contribution in [0.4, 0.5) is 4.39 Å². The highest BCUT2D eigenvalue weighted by Gasteiger charge is 2.16. The Bertz CT molecular complexity index is 833. The number of nitrogens with two attached hydrogens (primary N) is 1. The maximum atomic E-state index is 13.3. The molecular weight excluding hydrogens is 313 g/mol. The largest absolute Gasteiger partial charge is 0.364 e. The number of nitrogens with zero attached hydrogens (tertiary/aromatic N) is 2. The number of hydrogen-bond donors (Lipinski definition) is 1. The Kier molecular flexibility index (Phi) is 4.37. The van der Waals surface area contributed by atoms with E-state index >= 15 is 0 Å². The van der Waals surface area contributed by atoms with E-state index in [0.717, 1.165) is 16.8 Å². The number of aromatic nitrogens is 2. The van der Waals surface area contributed by atoms with E-state index in [1.807, 2.05) is 0 Å². The Morgan fingerprint density at radius 3 is 2.68 bits per heavy atom. The van der Waals surface area contributed by atoms with Gasteiger partial charge in [-0.3, -0.25) is 14.4 Å². The Morgan fingerprint density at radius 2 is 2.05 bits per heavy atom. The number of rotatable bonds is 4. The van der Waals surface area contributed by atoms with Gasteiger partial charge < -0.3 is 5.73 Å². The zero-order chi connectivity index (χ0) is 16.4. The first-order valence-corrected chi connectivity index (χ1v) is 6.54. The summed E-state index contributed by atoms with van der Waals surface area (Å²) in [5, 5.41) is 3.64. The number of halogens is 2. The highest BCUT2D eigenvalue weighted by molar-refractivity contribution is 6.34. The maximum Gasteiger partial charge on any atom is 0.269 e. The van der Waals surface area contributed by atoms with Gasteiger partial charge in [-0.25, -0.2) is 9.07 Å². The molecule has 0 fully saturated rings. The molecule has 0 unspecified atom stereocenters. The van der Waals surface area contributed by atoms with Crippen molar-refractivity contribution in [2.24, 2.45) is 5.73 Å². The molecule has 0 aliphatic carbocycles. The second kappa shape index (κ2) is 6.07. The first kappa shape index (κ1) is 15.8. The van der Waals surface area contributed by atoms with Crippen LogP contribution in [0, 0.1) is 12.7 Å².